The number of carboxylic acid groups (broad SMARTS) is 1. The van der Waals surface area contributed by atoms with Gasteiger partial charge in [-0.2, -0.15) is 0 Å². The van der Waals surface area contributed by atoms with E-state index < -0.39 is 11.6 Å². The number of carbonyl (C=O) groups is 1. The summed E-state index contributed by atoms with van der Waals surface area (Å²) >= 11 is 0. The second kappa shape index (κ2) is 5.64. The molecule has 0 amide bonds. The van der Waals surface area contributed by atoms with Gasteiger partial charge in [-0.1, -0.05) is 20.3 Å². The highest BCUT2D eigenvalue weighted by Crippen LogP contribution is 2.41. The molecule has 0 aromatic carbocycles. The predicted molar refractivity (Wildman–Crippen MR) is 60.2 cm³/mol. The van der Waals surface area contributed by atoms with Crippen LogP contribution in [0.1, 0.15) is 39.5 Å². The van der Waals surface area contributed by atoms with Crippen LogP contribution in [0.3, 0.4) is 0 Å². The summed E-state index contributed by atoms with van der Waals surface area (Å²) in [5.74, 6) is -0.542. The van der Waals surface area contributed by atoms with Crippen molar-refractivity contribution in [3.8, 4) is 0 Å². The zero-order chi connectivity index (χ0) is 12.2. The molecule has 0 aromatic heterocycles. The lowest BCUT2D eigenvalue weighted by atomic mass is 9.70. The van der Waals surface area contributed by atoms with Crippen LogP contribution < -0.4 is 0 Å². The molecule has 1 fully saturated rings. The normalized spacial score (nSPS) is 30.6. The fourth-order valence-corrected chi connectivity index (χ4v) is 2.78. The van der Waals surface area contributed by atoms with E-state index >= 15 is 0 Å². The van der Waals surface area contributed by atoms with Crippen LogP contribution in [0.2, 0.25) is 0 Å². The van der Waals surface area contributed by atoms with Gasteiger partial charge in [0.2, 0.25) is 0 Å². The molecule has 16 heavy (non-hydrogen) atoms. The highest BCUT2D eigenvalue weighted by molar-refractivity contribution is 5.78. The summed E-state index contributed by atoms with van der Waals surface area (Å²) in [4.78, 5) is 11.5. The van der Waals surface area contributed by atoms with Crippen molar-refractivity contribution < 1.29 is 19.7 Å². The molecule has 0 aromatic rings. The molecule has 0 spiro atoms. The first-order chi connectivity index (χ1) is 7.54. The van der Waals surface area contributed by atoms with E-state index in [0.717, 1.165) is 19.3 Å². The molecular formula is C12H22O4. The van der Waals surface area contributed by atoms with Gasteiger partial charge in [0, 0.05) is 5.92 Å². The fraction of sp³-hybridized carbons (Fsp3) is 0.917. The van der Waals surface area contributed by atoms with Gasteiger partial charge in [0.1, 0.15) is 0 Å². The molecule has 4 nitrogen and oxygen atoms in total. The Labute approximate surface area is 96.6 Å². The molecule has 0 aliphatic heterocycles. The highest BCUT2D eigenvalue weighted by atomic mass is 16.5. The fourth-order valence-electron chi connectivity index (χ4n) is 2.78. The van der Waals surface area contributed by atoms with Gasteiger partial charge in [-0.15, -0.1) is 0 Å². The van der Waals surface area contributed by atoms with Crippen LogP contribution in [0, 0.1) is 11.8 Å². The zero-order valence-corrected chi connectivity index (χ0v) is 10.1. The van der Waals surface area contributed by atoms with Crippen LogP contribution in [0.15, 0.2) is 0 Å². The number of aliphatic hydroxyl groups excluding tert-OH is 1. The van der Waals surface area contributed by atoms with E-state index in [0.29, 0.717) is 6.42 Å². The van der Waals surface area contributed by atoms with Gasteiger partial charge >= 0.3 is 5.97 Å². The third-order valence-corrected chi connectivity index (χ3v) is 3.53. The van der Waals surface area contributed by atoms with Crippen LogP contribution in [0.4, 0.5) is 0 Å². The SMILES string of the molecule is CC(C)C1CCCCC1(OCCO)C(=O)O. The standard InChI is InChI=1S/C12H22O4/c1-9(2)10-5-3-4-6-12(10,11(14)15)16-8-7-13/h9-10,13H,3-8H2,1-2H3,(H,14,15). The Morgan fingerprint density at radius 1 is 1.50 bits per heavy atom. The maximum Gasteiger partial charge on any atom is 0.336 e. The van der Waals surface area contributed by atoms with Gasteiger partial charge in [0.25, 0.3) is 0 Å². The van der Waals surface area contributed by atoms with Gasteiger partial charge < -0.3 is 14.9 Å². The Morgan fingerprint density at radius 2 is 2.19 bits per heavy atom. The lowest BCUT2D eigenvalue weighted by Crippen LogP contribution is -2.52. The van der Waals surface area contributed by atoms with Crippen molar-refractivity contribution in [1.29, 1.82) is 0 Å². The van der Waals surface area contributed by atoms with Gasteiger partial charge in [-0.25, -0.2) is 4.79 Å². The summed E-state index contributed by atoms with van der Waals surface area (Å²) in [5.41, 5.74) is -1.07. The van der Waals surface area contributed by atoms with E-state index in [1.165, 1.54) is 0 Å². The number of hydrogen-bond acceptors (Lipinski definition) is 3. The molecule has 2 unspecified atom stereocenters. The minimum atomic E-state index is -1.07. The number of carboxylic acids is 1. The third-order valence-electron chi connectivity index (χ3n) is 3.53. The molecule has 1 rings (SSSR count). The summed E-state index contributed by atoms with van der Waals surface area (Å²) < 4.78 is 5.51. The van der Waals surface area contributed by atoms with Crippen LogP contribution in [-0.2, 0) is 9.53 Å². The largest absolute Gasteiger partial charge is 0.479 e. The molecule has 0 radical (unpaired) electrons. The average Bonchev–Trinajstić information content (AvgIpc) is 2.26. The molecular weight excluding hydrogens is 208 g/mol. The Morgan fingerprint density at radius 3 is 2.69 bits per heavy atom. The molecule has 1 saturated carbocycles. The van der Waals surface area contributed by atoms with E-state index in [9.17, 15) is 9.90 Å². The molecule has 0 saturated heterocycles. The molecule has 1 aliphatic rings. The topological polar surface area (TPSA) is 66.8 Å². The average molecular weight is 230 g/mol. The Balaban J connectivity index is 2.88. The van der Waals surface area contributed by atoms with E-state index in [1.54, 1.807) is 0 Å². The predicted octanol–water partition coefficient (Wildman–Crippen LogP) is 1.66. The van der Waals surface area contributed by atoms with Crippen LogP contribution >= 0.6 is 0 Å². The molecule has 94 valence electrons. The van der Waals surface area contributed by atoms with Gasteiger partial charge in [0.05, 0.1) is 13.2 Å². The van der Waals surface area contributed by atoms with Crippen molar-refractivity contribution in [3.63, 3.8) is 0 Å². The second-order valence-electron chi connectivity index (χ2n) is 4.86. The van der Waals surface area contributed by atoms with Crippen molar-refractivity contribution in [2.45, 2.75) is 45.1 Å². The maximum absolute atomic E-state index is 11.5. The smallest absolute Gasteiger partial charge is 0.336 e. The van der Waals surface area contributed by atoms with Gasteiger partial charge in [-0.05, 0) is 25.2 Å². The number of aliphatic hydroxyl groups is 1. The number of hydrogen-bond donors (Lipinski definition) is 2. The Hall–Kier alpha value is -0.610. The summed E-state index contributed by atoms with van der Waals surface area (Å²) in [7, 11) is 0. The molecule has 0 heterocycles. The molecule has 4 heteroatoms. The van der Waals surface area contributed by atoms with Crippen molar-refractivity contribution in [3.05, 3.63) is 0 Å². The zero-order valence-electron chi connectivity index (χ0n) is 10.1. The summed E-state index contributed by atoms with van der Waals surface area (Å²) in [6.07, 6.45) is 3.42. The molecule has 0 bridgehead atoms. The second-order valence-corrected chi connectivity index (χ2v) is 4.86. The van der Waals surface area contributed by atoms with Gasteiger partial charge in [-0.3, -0.25) is 0 Å². The Kier molecular flexibility index (Phi) is 4.74. The van der Waals surface area contributed by atoms with Crippen molar-refractivity contribution in [1.82, 2.24) is 0 Å². The minimum absolute atomic E-state index is 0.0466. The summed E-state index contributed by atoms with van der Waals surface area (Å²) in [5, 5.41) is 18.2. The van der Waals surface area contributed by atoms with E-state index in [4.69, 9.17) is 9.84 Å². The first-order valence-electron chi connectivity index (χ1n) is 6.03. The van der Waals surface area contributed by atoms with Crippen molar-refractivity contribution in [2.75, 3.05) is 13.2 Å². The van der Waals surface area contributed by atoms with E-state index in [1.807, 2.05) is 13.8 Å². The number of aliphatic carboxylic acids is 1. The molecule has 2 N–H and O–H groups in total. The first kappa shape index (κ1) is 13.5. The molecule has 2 atom stereocenters. The van der Waals surface area contributed by atoms with Crippen LogP contribution in [0.25, 0.3) is 0 Å². The maximum atomic E-state index is 11.5. The monoisotopic (exact) mass is 230 g/mol. The van der Waals surface area contributed by atoms with E-state index in [-0.39, 0.29) is 25.0 Å². The number of rotatable bonds is 5. The van der Waals surface area contributed by atoms with Crippen LogP contribution in [0.5, 0.6) is 0 Å². The first-order valence-corrected chi connectivity index (χ1v) is 6.03. The quantitative estimate of drug-likeness (QED) is 0.754. The third kappa shape index (κ3) is 2.55. The number of ether oxygens (including phenoxy) is 1. The molecule has 1 aliphatic carbocycles. The summed E-state index contributed by atoms with van der Waals surface area (Å²) in [6, 6.07) is 0. The highest BCUT2D eigenvalue weighted by Gasteiger charge is 2.49. The van der Waals surface area contributed by atoms with Gasteiger partial charge in [0.15, 0.2) is 5.60 Å². The van der Waals surface area contributed by atoms with Crippen LogP contribution in [-0.4, -0.2) is 35.0 Å². The Bertz CT molecular complexity index is 239. The lowest BCUT2D eigenvalue weighted by molar-refractivity contribution is -0.186. The van der Waals surface area contributed by atoms with Crippen molar-refractivity contribution in [2.24, 2.45) is 11.8 Å². The lowest BCUT2D eigenvalue weighted by Gasteiger charge is -2.42. The minimum Gasteiger partial charge on any atom is -0.479 e. The van der Waals surface area contributed by atoms with Crippen molar-refractivity contribution >= 4 is 5.97 Å². The summed E-state index contributed by atoms with van der Waals surface area (Å²) in [6.45, 7) is 4.06. The van der Waals surface area contributed by atoms with E-state index in [2.05, 4.69) is 0 Å².